The van der Waals surface area contributed by atoms with Crippen molar-refractivity contribution < 1.29 is 18.0 Å². The molecule has 14 heteroatoms. The minimum Gasteiger partial charge on any atom is -0.339 e. The lowest BCUT2D eigenvalue weighted by Crippen LogP contribution is -2.56. The van der Waals surface area contributed by atoms with Gasteiger partial charge in [-0.1, -0.05) is 83.5 Å². The minimum absolute atomic E-state index is 0.0241. The highest BCUT2D eigenvalue weighted by Crippen LogP contribution is 2.59. The summed E-state index contributed by atoms with van der Waals surface area (Å²) in [5.74, 6) is -1.21. The van der Waals surface area contributed by atoms with Crippen LogP contribution in [0.1, 0.15) is 19.4 Å². The van der Waals surface area contributed by atoms with Gasteiger partial charge in [-0.05, 0) is 47.8 Å². The summed E-state index contributed by atoms with van der Waals surface area (Å²) in [4.78, 5) is 12.8. The average Bonchev–Trinajstić information content (AvgIpc) is 3.13. The summed E-state index contributed by atoms with van der Waals surface area (Å²) < 4.78 is 36.8. The Labute approximate surface area is 218 Å². The van der Waals surface area contributed by atoms with Crippen LogP contribution in [0.2, 0.25) is 5.02 Å². The van der Waals surface area contributed by atoms with E-state index in [9.17, 15) is 18.0 Å². The van der Waals surface area contributed by atoms with Gasteiger partial charge in [0.15, 0.2) is 5.11 Å². The third kappa shape index (κ3) is 7.08. The van der Waals surface area contributed by atoms with Crippen LogP contribution >= 0.6 is 81.8 Å². The number of hydrogen-bond acceptors (Lipinski definition) is 2. The number of benzene rings is 1. The third-order valence-corrected chi connectivity index (χ3v) is 6.39. The van der Waals surface area contributed by atoms with Gasteiger partial charge in [-0.2, -0.15) is 13.2 Å². The largest absolute Gasteiger partial charge is 0.416 e. The van der Waals surface area contributed by atoms with E-state index in [0.717, 1.165) is 18.2 Å². The van der Waals surface area contributed by atoms with Crippen molar-refractivity contribution in [1.82, 2.24) is 10.6 Å². The predicted molar refractivity (Wildman–Crippen MR) is 129 cm³/mol. The monoisotopic (exact) mass is 589 g/mol. The van der Waals surface area contributed by atoms with Crippen molar-refractivity contribution in [3.63, 3.8) is 0 Å². The van der Waals surface area contributed by atoms with E-state index < -0.39 is 38.9 Å². The van der Waals surface area contributed by atoms with Crippen molar-refractivity contribution in [1.29, 1.82) is 0 Å². The zero-order chi connectivity index (χ0) is 24.6. The molecule has 0 spiro atoms. The van der Waals surface area contributed by atoms with Crippen molar-refractivity contribution in [3.8, 4) is 0 Å². The molecule has 0 aliphatic heterocycles. The first-order chi connectivity index (χ1) is 14.4. The molecule has 1 aliphatic carbocycles. The van der Waals surface area contributed by atoms with Gasteiger partial charge in [-0.15, -0.1) is 0 Å². The van der Waals surface area contributed by atoms with Crippen LogP contribution in [0.15, 0.2) is 28.8 Å². The number of halogens is 9. The highest BCUT2D eigenvalue weighted by Gasteiger charge is 2.61. The van der Waals surface area contributed by atoms with E-state index in [4.69, 9.17) is 81.8 Å². The second-order valence-corrected chi connectivity index (χ2v) is 11.7. The van der Waals surface area contributed by atoms with Gasteiger partial charge in [-0.25, -0.2) is 0 Å². The molecule has 1 amide bonds. The normalized spacial score (nSPS) is 20.7. The fraction of sp³-hybridized carbons (Fsp3) is 0.444. The lowest BCUT2D eigenvalue weighted by atomic mass is 10.1. The Morgan fingerprint density at radius 1 is 1.19 bits per heavy atom. The summed E-state index contributed by atoms with van der Waals surface area (Å²) in [5.41, 5.74) is -1.51. The zero-order valence-electron chi connectivity index (χ0n) is 16.3. The number of rotatable bonds is 5. The topological polar surface area (TPSA) is 53.2 Å². The lowest BCUT2D eigenvalue weighted by molar-refractivity contribution is -0.137. The van der Waals surface area contributed by atoms with Gasteiger partial charge in [0, 0.05) is 0 Å². The number of hydrogen-bond donors (Lipinski definition) is 3. The Morgan fingerprint density at radius 3 is 2.28 bits per heavy atom. The van der Waals surface area contributed by atoms with Crippen LogP contribution < -0.4 is 16.0 Å². The molecule has 1 aromatic carbocycles. The molecule has 3 atom stereocenters. The molecule has 0 saturated heterocycles. The maximum atomic E-state index is 13.0. The van der Waals surface area contributed by atoms with Crippen LogP contribution in [-0.4, -0.2) is 21.0 Å². The van der Waals surface area contributed by atoms with E-state index in [1.807, 2.05) is 13.8 Å². The van der Waals surface area contributed by atoms with Crippen LogP contribution in [0, 0.1) is 17.3 Å². The molecule has 4 nitrogen and oxygen atoms in total. The molecule has 1 fully saturated rings. The van der Waals surface area contributed by atoms with Crippen molar-refractivity contribution in [2.45, 2.75) is 30.0 Å². The van der Waals surface area contributed by atoms with Gasteiger partial charge in [0.1, 0.15) is 10.7 Å². The second kappa shape index (κ2) is 10.1. The zero-order valence-corrected chi connectivity index (χ0v) is 21.6. The number of amides is 1. The lowest BCUT2D eigenvalue weighted by Gasteiger charge is -2.28. The highest BCUT2D eigenvalue weighted by atomic mass is 35.6. The first-order valence-electron chi connectivity index (χ1n) is 8.78. The third-order valence-electron chi connectivity index (χ3n) is 4.93. The Balaban J connectivity index is 2.13. The van der Waals surface area contributed by atoms with E-state index in [2.05, 4.69) is 16.0 Å². The quantitative estimate of drug-likeness (QED) is 0.195. The van der Waals surface area contributed by atoms with Gasteiger partial charge < -0.3 is 16.0 Å². The molecule has 1 aliphatic rings. The fourth-order valence-electron chi connectivity index (χ4n) is 3.14. The maximum Gasteiger partial charge on any atom is 0.416 e. The Hall–Kier alpha value is -0.350. The molecule has 0 radical (unpaired) electrons. The summed E-state index contributed by atoms with van der Waals surface area (Å²) in [6, 6.07) is 2.66. The first kappa shape index (κ1) is 27.9. The second-order valence-electron chi connectivity index (χ2n) is 7.56. The van der Waals surface area contributed by atoms with Crippen molar-refractivity contribution in [2.24, 2.45) is 17.3 Å². The number of nitrogens with one attached hydrogen (secondary N) is 3. The smallest absolute Gasteiger partial charge is 0.339 e. The number of alkyl halides is 6. The van der Waals surface area contributed by atoms with Gasteiger partial charge in [0.05, 0.1) is 22.2 Å². The van der Waals surface area contributed by atoms with E-state index >= 15 is 0 Å². The molecule has 32 heavy (non-hydrogen) atoms. The fourth-order valence-corrected chi connectivity index (χ4v) is 4.14. The van der Waals surface area contributed by atoms with E-state index in [1.165, 1.54) is 0 Å². The predicted octanol–water partition coefficient (Wildman–Crippen LogP) is 7.05. The number of carbonyl (C=O) groups excluding carboxylic acids is 1. The van der Waals surface area contributed by atoms with Crippen LogP contribution in [0.3, 0.4) is 0 Å². The molecule has 1 saturated carbocycles. The van der Waals surface area contributed by atoms with Gasteiger partial charge in [0.25, 0.3) is 0 Å². The molecule has 3 N–H and O–H groups in total. The number of carbonyl (C=O) groups is 1. The molecule has 2 rings (SSSR count). The molecule has 0 aromatic heterocycles. The summed E-state index contributed by atoms with van der Waals surface area (Å²) in [6.45, 7) is 3.68. The summed E-state index contributed by atoms with van der Waals surface area (Å²) >= 11 is 40.3. The van der Waals surface area contributed by atoms with Crippen LogP contribution in [-0.2, 0) is 11.0 Å². The van der Waals surface area contributed by atoms with Crippen molar-refractivity contribution in [2.75, 3.05) is 5.32 Å². The molecule has 178 valence electrons. The number of thiocarbonyl (C=S) groups is 1. The van der Waals surface area contributed by atoms with E-state index in [1.54, 1.807) is 6.08 Å². The maximum absolute atomic E-state index is 13.0. The van der Waals surface area contributed by atoms with Crippen molar-refractivity contribution >= 4 is 98.5 Å². The number of allylic oxidation sites excluding steroid dienone is 1. The van der Waals surface area contributed by atoms with Crippen LogP contribution in [0.4, 0.5) is 18.9 Å². The number of anilines is 1. The van der Waals surface area contributed by atoms with Gasteiger partial charge in [0.2, 0.25) is 9.70 Å². The standard InChI is InChI=1S/C18H16Cl6F3N3OS/c1-16(2)8(6-11(20)21)12(16)13(31)29-14(17(22,23)24)30-15(32)28-10-5-7(18(25,26)27)3-4-9(10)19/h3-6,8,12,14H,1-2H3,(H,29,31)(H2,28,30,32). The molecule has 0 bridgehead atoms. The Kier molecular flexibility index (Phi) is 8.80. The molecular weight excluding hydrogens is 576 g/mol. The average molecular weight is 592 g/mol. The molecule has 1 aromatic rings. The summed E-state index contributed by atoms with van der Waals surface area (Å²) in [7, 11) is 0. The Morgan fingerprint density at radius 2 is 1.78 bits per heavy atom. The van der Waals surface area contributed by atoms with Crippen LogP contribution in [0.5, 0.6) is 0 Å². The van der Waals surface area contributed by atoms with Crippen LogP contribution in [0.25, 0.3) is 0 Å². The van der Waals surface area contributed by atoms with Gasteiger partial charge in [-0.3, -0.25) is 4.79 Å². The highest BCUT2D eigenvalue weighted by molar-refractivity contribution is 7.80. The molecule has 0 heterocycles. The summed E-state index contributed by atoms with van der Waals surface area (Å²) in [6.07, 6.45) is -4.36. The molecular formula is C18H16Cl6F3N3OS. The molecule has 3 unspecified atom stereocenters. The first-order valence-corrected chi connectivity index (χ1v) is 11.5. The SMILES string of the molecule is CC1(C)C(C=C(Cl)Cl)C1C(=O)NC(NC(=S)Nc1cc(C(F)(F)F)ccc1Cl)C(Cl)(Cl)Cl. The van der Waals surface area contributed by atoms with Gasteiger partial charge >= 0.3 is 6.18 Å². The summed E-state index contributed by atoms with van der Waals surface area (Å²) in [5, 5.41) is 7.36. The van der Waals surface area contributed by atoms with Crippen molar-refractivity contribution in [3.05, 3.63) is 39.4 Å². The van der Waals surface area contributed by atoms with E-state index in [-0.39, 0.29) is 26.2 Å². The van der Waals surface area contributed by atoms with E-state index in [0.29, 0.717) is 0 Å². The minimum atomic E-state index is -4.59. The Bertz CT molecular complexity index is 932.